The molecule has 1 N–H and O–H groups in total. The first kappa shape index (κ1) is 16.0. The van der Waals surface area contributed by atoms with Gasteiger partial charge in [-0.1, -0.05) is 41.4 Å². The summed E-state index contributed by atoms with van der Waals surface area (Å²) >= 11 is 12.0. The number of anilines is 1. The van der Waals surface area contributed by atoms with Crippen molar-refractivity contribution in [1.82, 2.24) is 0 Å². The maximum absolute atomic E-state index is 13.5. The SMILES string of the molecule is N#CC(=Cc1c(Cl)cccc1Cl)C(=O)Nc1ccccc1F. The van der Waals surface area contributed by atoms with E-state index in [9.17, 15) is 9.18 Å². The number of amides is 1. The summed E-state index contributed by atoms with van der Waals surface area (Å²) in [6.45, 7) is 0. The van der Waals surface area contributed by atoms with Crippen molar-refractivity contribution in [3.8, 4) is 6.07 Å². The van der Waals surface area contributed by atoms with Crippen LogP contribution in [-0.2, 0) is 4.79 Å². The summed E-state index contributed by atoms with van der Waals surface area (Å²) in [5, 5.41) is 12.1. The number of benzene rings is 2. The standard InChI is InChI=1S/C16H9Cl2FN2O/c17-12-4-3-5-13(18)11(12)8-10(9-20)16(22)21-15-7-2-1-6-14(15)19/h1-8H,(H,21,22). The molecule has 0 fully saturated rings. The molecule has 1 amide bonds. The van der Waals surface area contributed by atoms with Crippen LogP contribution in [0.15, 0.2) is 48.0 Å². The van der Waals surface area contributed by atoms with E-state index in [1.807, 2.05) is 0 Å². The maximum atomic E-state index is 13.5. The van der Waals surface area contributed by atoms with Crippen LogP contribution in [0.25, 0.3) is 6.08 Å². The number of halogens is 3. The average molecular weight is 335 g/mol. The van der Waals surface area contributed by atoms with Crippen LogP contribution in [0, 0.1) is 17.1 Å². The van der Waals surface area contributed by atoms with Crippen molar-refractivity contribution >= 4 is 40.9 Å². The monoisotopic (exact) mass is 334 g/mol. The smallest absolute Gasteiger partial charge is 0.266 e. The van der Waals surface area contributed by atoms with Gasteiger partial charge in [0.1, 0.15) is 17.5 Å². The lowest BCUT2D eigenvalue weighted by Crippen LogP contribution is -2.14. The lowest BCUT2D eigenvalue weighted by atomic mass is 10.1. The van der Waals surface area contributed by atoms with Crippen molar-refractivity contribution in [3.05, 3.63) is 69.5 Å². The fraction of sp³-hybridized carbons (Fsp3) is 0. The fourth-order valence-corrected chi connectivity index (χ4v) is 2.20. The van der Waals surface area contributed by atoms with E-state index in [1.165, 1.54) is 24.3 Å². The number of nitrogens with zero attached hydrogens (tertiary/aromatic N) is 1. The summed E-state index contributed by atoms with van der Waals surface area (Å²) in [6.07, 6.45) is 1.26. The Morgan fingerprint density at radius 3 is 2.36 bits per heavy atom. The van der Waals surface area contributed by atoms with E-state index in [4.69, 9.17) is 28.5 Å². The number of para-hydroxylation sites is 1. The number of rotatable bonds is 3. The molecule has 0 aliphatic rings. The molecule has 0 bridgehead atoms. The third-order valence-electron chi connectivity index (χ3n) is 2.78. The van der Waals surface area contributed by atoms with Crippen LogP contribution in [0.1, 0.15) is 5.56 Å². The molecular formula is C16H9Cl2FN2O. The Bertz CT molecular complexity index is 777. The van der Waals surface area contributed by atoms with E-state index >= 15 is 0 Å². The molecular weight excluding hydrogens is 326 g/mol. The Hall–Kier alpha value is -2.35. The van der Waals surface area contributed by atoms with Gasteiger partial charge in [0.05, 0.1) is 5.69 Å². The Balaban J connectivity index is 2.33. The van der Waals surface area contributed by atoms with Gasteiger partial charge in [-0.05, 0) is 30.3 Å². The molecule has 6 heteroatoms. The minimum absolute atomic E-state index is 0.0149. The Kier molecular flexibility index (Phi) is 5.16. The van der Waals surface area contributed by atoms with Crippen LogP contribution in [0.4, 0.5) is 10.1 Å². The molecule has 0 unspecified atom stereocenters. The lowest BCUT2D eigenvalue weighted by Gasteiger charge is -2.06. The third-order valence-corrected chi connectivity index (χ3v) is 3.43. The van der Waals surface area contributed by atoms with Crippen LogP contribution < -0.4 is 5.32 Å². The Morgan fingerprint density at radius 2 is 1.77 bits per heavy atom. The Morgan fingerprint density at radius 1 is 1.14 bits per heavy atom. The van der Waals surface area contributed by atoms with Crippen molar-refractivity contribution in [1.29, 1.82) is 5.26 Å². The van der Waals surface area contributed by atoms with Gasteiger partial charge in [0.15, 0.2) is 0 Å². The zero-order valence-corrected chi connectivity index (χ0v) is 12.6. The molecule has 2 aromatic carbocycles. The molecule has 0 aromatic heterocycles. The summed E-state index contributed by atoms with van der Waals surface area (Å²) < 4.78 is 13.5. The van der Waals surface area contributed by atoms with E-state index in [2.05, 4.69) is 5.32 Å². The molecule has 0 saturated heterocycles. The van der Waals surface area contributed by atoms with Crippen molar-refractivity contribution in [2.24, 2.45) is 0 Å². The highest BCUT2D eigenvalue weighted by molar-refractivity contribution is 6.37. The fourth-order valence-electron chi connectivity index (χ4n) is 1.69. The van der Waals surface area contributed by atoms with E-state index < -0.39 is 11.7 Å². The molecule has 3 nitrogen and oxygen atoms in total. The zero-order chi connectivity index (χ0) is 16.1. The quantitative estimate of drug-likeness (QED) is 0.654. The molecule has 110 valence electrons. The first-order chi connectivity index (χ1) is 10.5. The second-order valence-electron chi connectivity index (χ2n) is 4.24. The number of nitrogens with one attached hydrogen (secondary N) is 1. The molecule has 0 heterocycles. The summed E-state index contributed by atoms with van der Waals surface area (Å²) in [5.41, 5.74) is 0.100. The van der Waals surface area contributed by atoms with E-state index in [-0.39, 0.29) is 11.3 Å². The predicted molar refractivity (Wildman–Crippen MR) is 85.1 cm³/mol. The average Bonchev–Trinajstić information content (AvgIpc) is 2.49. The highest BCUT2D eigenvalue weighted by Crippen LogP contribution is 2.27. The number of hydrogen-bond donors (Lipinski definition) is 1. The van der Waals surface area contributed by atoms with Crippen LogP contribution in [-0.4, -0.2) is 5.91 Å². The van der Waals surface area contributed by atoms with Gasteiger partial charge in [-0.15, -0.1) is 0 Å². The van der Waals surface area contributed by atoms with Gasteiger partial charge in [-0.25, -0.2) is 4.39 Å². The second kappa shape index (κ2) is 7.08. The molecule has 0 radical (unpaired) electrons. The first-order valence-corrected chi connectivity index (χ1v) is 6.90. The zero-order valence-electron chi connectivity index (χ0n) is 11.1. The van der Waals surface area contributed by atoms with Gasteiger partial charge in [0.25, 0.3) is 5.91 Å². The molecule has 2 rings (SSSR count). The maximum Gasteiger partial charge on any atom is 0.266 e. The van der Waals surface area contributed by atoms with Gasteiger partial charge in [0.2, 0.25) is 0 Å². The second-order valence-corrected chi connectivity index (χ2v) is 5.05. The molecule has 0 aliphatic carbocycles. The van der Waals surface area contributed by atoms with Crippen LogP contribution in [0.2, 0.25) is 10.0 Å². The van der Waals surface area contributed by atoms with Crippen molar-refractivity contribution in [2.45, 2.75) is 0 Å². The van der Waals surface area contributed by atoms with E-state index in [1.54, 1.807) is 30.3 Å². The largest absolute Gasteiger partial charge is 0.319 e. The minimum Gasteiger partial charge on any atom is -0.319 e. The molecule has 22 heavy (non-hydrogen) atoms. The summed E-state index contributed by atoms with van der Waals surface area (Å²) in [7, 11) is 0. The lowest BCUT2D eigenvalue weighted by molar-refractivity contribution is -0.112. The topological polar surface area (TPSA) is 52.9 Å². The van der Waals surface area contributed by atoms with Crippen LogP contribution >= 0.6 is 23.2 Å². The summed E-state index contributed by atoms with van der Waals surface area (Å²) in [5.74, 6) is -1.34. The van der Waals surface area contributed by atoms with Crippen LogP contribution in [0.3, 0.4) is 0 Å². The molecule has 0 atom stereocenters. The van der Waals surface area contributed by atoms with Crippen LogP contribution in [0.5, 0.6) is 0 Å². The highest BCUT2D eigenvalue weighted by Gasteiger charge is 2.13. The molecule has 0 spiro atoms. The van der Waals surface area contributed by atoms with Crippen molar-refractivity contribution in [2.75, 3.05) is 5.32 Å². The van der Waals surface area contributed by atoms with Gasteiger partial charge < -0.3 is 5.32 Å². The van der Waals surface area contributed by atoms with Gasteiger partial charge in [-0.2, -0.15) is 5.26 Å². The molecule has 0 saturated carbocycles. The normalized spacial score (nSPS) is 10.9. The van der Waals surface area contributed by atoms with Gasteiger partial charge in [-0.3, -0.25) is 4.79 Å². The Labute approximate surface area is 136 Å². The van der Waals surface area contributed by atoms with Gasteiger partial charge in [0, 0.05) is 15.6 Å². The highest BCUT2D eigenvalue weighted by atomic mass is 35.5. The summed E-state index contributed by atoms with van der Waals surface area (Å²) in [4.78, 5) is 12.1. The number of hydrogen-bond acceptors (Lipinski definition) is 2. The van der Waals surface area contributed by atoms with Gasteiger partial charge >= 0.3 is 0 Å². The predicted octanol–water partition coefficient (Wildman–Crippen LogP) is 4.68. The van der Waals surface area contributed by atoms with Crippen molar-refractivity contribution in [3.63, 3.8) is 0 Å². The minimum atomic E-state index is -0.747. The first-order valence-electron chi connectivity index (χ1n) is 6.14. The van der Waals surface area contributed by atoms with Crippen molar-refractivity contribution < 1.29 is 9.18 Å². The van der Waals surface area contributed by atoms with E-state index in [0.29, 0.717) is 15.6 Å². The summed E-state index contributed by atoms with van der Waals surface area (Å²) in [6, 6.07) is 12.2. The number of carbonyl (C=O) groups excluding carboxylic acids is 1. The van der Waals surface area contributed by atoms with E-state index in [0.717, 1.165) is 0 Å². The molecule has 2 aromatic rings. The number of carbonyl (C=O) groups is 1. The third kappa shape index (κ3) is 3.64. The number of nitriles is 1. The molecule has 0 aliphatic heterocycles.